The summed E-state index contributed by atoms with van der Waals surface area (Å²) in [6.45, 7) is -0.377. The maximum absolute atomic E-state index is 13.8. The van der Waals surface area contributed by atoms with Gasteiger partial charge in [-0.2, -0.15) is 5.10 Å². The number of aliphatic hydroxyl groups is 1. The SMILES string of the molecule is NC(=O)Cn1cc(N2CC[C@](O)(OC(=O)NCc3cccc(Cl)c3F)C2=O)cn1. The summed E-state index contributed by atoms with van der Waals surface area (Å²) in [7, 11) is 0. The van der Waals surface area contributed by atoms with Crippen molar-refractivity contribution in [1.82, 2.24) is 15.1 Å². The van der Waals surface area contributed by atoms with E-state index in [1.165, 1.54) is 35.3 Å². The third kappa shape index (κ3) is 4.46. The molecule has 0 spiro atoms. The van der Waals surface area contributed by atoms with E-state index < -0.39 is 29.5 Å². The van der Waals surface area contributed by atoms with Gasteiger partial charge in [0.05, 0.1) is 16.9 Å². The van der Waals surface area contributed by atoms with Crippen LogP contribution in [0.2, 0.25) is 5.02 Å². The van der Waals surface area contributed by atoms with Crippen LogP contribution in [-0.4, -0.2) is 45.1 Å². The highest BCUT2D eigenvalue weighted by Crippen LogP contribution is 2.29. The molecule has 4 N–H and O–H groups in total. The van der Waals surface area contributed by atoms with Crippen LogP contribution in [0.4, 0.5) is 14.9 Å². The first kappa shape index (κ1) is 20.6. The smallest absolute Gasteiger partial charge is 0.407 e. The van der Waals surface area contributed by atoms with E-state index in [1.54, 1.807) is 0 Å². The van der Waals surface area contributed by atoms with Gasteiger partial charge in [0.2, 0.25) is 5.91 Å². The number of aromatic nitrogens is 2. The summed E-state index contributed by atoms with van der Waals surface area (Å²) in [6, 6.07) is 4.29. The molecule has 1 aromatic heterocycles. The number of ether oxygens (including phenoxy) is 1. The number of hydrogen-bond donors (Lipinski definition) is 3. The van der Waals surface area contributed by atoms with Gasteiger partial charge in [0.1, 0.15) is 12.4 Å². The molecule has 3 amide bonds. The van der Waals surface area contributed by atoms with Gasteiger partial charge < -0.3 is 25.8 Å². The van der Waals surface area contributed by atoms with Crippen LogP contribution >= 0.6 is 11.6 Å². The Bertz CT molecular complexity index is 967. The Morgan fingerprint density at radius 2 is 2.21 bits per heavy atom. The first-order chi connectivity index (χ1) is 13.7. The molecule has 154 valence electrons. The van der Waals surface area contributed by atoms with Crippen molar-refractivity contribution in [3.05, 3.63) is 47.0 Å². The molecule has 0 aliphatic carbocycles. The van der Waals surface area contributed by atoms with Gasteiger partial charge >= 0.3 is 6.09 Å². The lowest BCUT2D eigenvalue weighted by atomic mass is 10.2. The Balaban J connectivity index is 1.61. The number of nitrogens with two attached hydrogens (primary N) is 1. The third-order valence-corrected chi connectivity index (χ3v) is 4.51. The minimum atomic E-state index is -2.39. The number of carbonyl (C=O) groups is 3. The molecule has 0 unspecified atom stereocenters. The van der Waals surface area contributed by atoms with E-state index in [9.17, 15) is 23.9 Å². The summed E-state index contributed by atoms with van der Waals surface area (Å²) in [4.78, 5) is 36.6. The second-order valence-corrected chi connectivity index (χ2v) is 6.72. The number of halogens is 2. The number of rotatable bonds is 6. The average Bonchev–Trinajstić information content (AvgIpc) is 3.21. The van der Waals surface area contributed by atoms with E-state index in [0.717, 1.165) is 4.90 Å². The molecule has 2 heterocycles. The van der Waals surface area contributed by atoms with Crippen LogP contribution in [0.1, 0.15) is 12.0 Å². The predicted molar refractivity (Wildman–Crippen MR) is 98.1 cm³/mol. The normalized spacial score (nSPS) is 18.7. The van der Waals surface area contributed by atoms with Crippen LogP contribution in [0, 0.1) is 5.82 Å². The van der Waals surface area contributed by atoms with Crippen molar-refractivity contribution in [3.8, 4) is 0 Å². The highest BCUT2D eigenvalue weighted by molar-refractivity contribution is 6.30. The molecular weight excluding hydrogens is 409 g/mol. The molecule has 0 bridgehead atoms. The number of benzene rings is 1. The maximum Gasteiger partial charge on any atom is 0.410 e. The van der Waals surface area contributed by atoms with Crippen molar-refractivity contribution in [2.45, 2.75) is 25.3 Å². The largest absolute Gasteiger partial charge is 0.410 e. The Morgan fingerprint density at radius 1 is 1.45 bits per heavy atom. The number of alkyl carbamates (subject to hydrolysis) is 1. The van der Waals surface area contributed by atoms with Crippen LogP contribution in [0.3, 0.4) is 0 Å². The molecular formula is C17H17ClFN5O5. The Labute approximate surface area is 169 Å². The molecule has 1 atom stereocenters. The molecule has 1 aliphatic heterocycles. The number of amides is 3. The Kier molecular flexibility index (Phi) is 5.71. The van der Waals surface area contributed by atoms with Gasteiger partial charge in [0.25, 0.3) is 11.7 Å². The van der Waals surface area contributed by atoms with E-state index in [1.807, 2.05) is 0 Å². The zero-order valence-electron chi connectivity index (χ0n) is 15.0. The molecule has 1 aliphatic rings. The van der Waals surface area contributed by atoms with Crippen LogP contribution in [0.5, 0.6) is 0 Å². The Hall–Kier alpha value is -3.18. The van der Waals surface area contributed by atoms with E-state index in [2.05, 4.69) is 10.4 Å². The van der Waals surface area contributed by atoms with Crippen molar-refractivity contribution in [3.63, 3.8) is 0 Å². The molecule has 2 aromatic rings. The standard InChI is InChI=1S/C17H17ClFN5O5/c18-12-3-1-2-10(14(12)19)6-21-16(27)29-17(28)4-5-24(15(17)26)11-7-22-23(8-11)9-13(20)25/h1-3,7-8,28H,4-6,9H2,(H2,20,25)(H,21,27)/t17-/m0/s1. The molecule has 3 rings (SSSR count). The highest BCUT2D eigenvalue weighted by atomic mass is 35.5. The molecule has 12 heteroatoms. The molecule has 1 saturated heterocycles. The van der Waals surface area contributed by atoms with Crippen LogP contribution < -0.4 is 16.0 Å². The number of carbonyl (C=O) groups excluding carboxylic acids is 3. The number of nitrogens with zero attached hydrogens (tertiary/aromatic N) is 3. The predicted octanol–water partition coefficient (Wildman–Crippen LogP) is 0.513. The van der Waals surface area contributed by atoms with Gasteiger partial charge in [0.15, 0.2) is 0 Å². The summed E-state index contributed by atoms with van der Waals surface area (Å²) in [6.07, 6.45) is 1.42. The number of anilines is 1. The lowest BCUT2D eigenvalue weighted by Crippen LogP contribution is -2.46. The molecule has 0 saturated carbocycles. The first-order valence-electron chi connectivity index (χ1n) is 8.44. The monoisotopic (exact) mass is 425 g/mol. The fraction of sp³-hybridized carbons (Fsp3) is 0.294. The van der Waals surface area contributed by atoms with Gasteiger partial charge in [-0.1, -0.05) is 23.7 Å². The maximum atomic E-state index is 13.8. The zero-order valence-corrected chi connectivity index (χ0v) is 15.7. The van der Waals surface area contributed by atoms with Crippen LogP contribution in [-0.2, 0) is 27.4 Å². The van der Waals surface area contributed by atoms with E-state index in [-0.39, 0.29) is 36.6 Å². The summed E-state index contributed by atoms with van der Waals surface area (Å²) < 4.78 is 20.0. The molecule has 29 heavy (non-hydrogen) atoms. The van der Waals surface area contributed by atoms with Crippen molar-refractivity contribution >= 4 is 35.2 Å². The van der Waals surface area contributed by atoms with Crippen molar-refractivity contribution in [2.75, 3.05) is 11.4 Å². The highest BCUT2D eigenvalue weighted by Gasteiger charge is 2.50. The molecule has 10 nitrogen and oxygen atoms in total. The van der Waals surface area contributed by atoms with Crippen molar-refractivity contribution in [2.24, 2.45) is 5.73 Å². The molecule has 0 radical (unpaired) electrons. The van der Waals surface area contributed by atoms with Gasteiger partial charge in [-0.25, -0.2) is 9.18 Å². The third-order valence-electron chi connectivity index (χ3n) is 4.22. The lowest BCUT2D eigenvalue weighted by Gasteiger charge is -2.22. The average molecular weight is 426 g/mol. The van der Waals surface area contributed by atoms with E-state index >= 15 is 0 Å². The second-order valence-electron chi connectivity index (χ2n) is 6.31. The minimum Gasteiger partial charge on any atom is -0.407 e. The number of nitrogens with one attached hydrogen (secondary N) is 1. The second kappa shape index (κ2) is 8.05. The summed E-state index contributed by atoms with van der Waals surface area (Å²) >= 11 is 5.67. The quantitative estimate of drug-likeness (QED) is 0.576. The first-order valence-corrected chi connectivity index (χ1v) is 8.82. The number of hydrogen-bond acceptors (Lipinski definition) is 6. The minimum absolute atomic E-state index is 0.0494. The van der Waals surface area contributed by atoms with Gasteiger partial charge in [-0.15, -0.1) is 0 Å². The fourth-order valence-corrected chi connectivity index (χ4v) is 3.00. The molecule has 1 aromatic carbocycles. The Morgan fingerprint density at radius 3 is 2.93 bits per heavy atom. The summed E-state index contributed by atoms with van der Waals surface area (Å²) in [5, 5.41) is 16.5. The summed E-state index contributed by atoms with van der Waals surface area (Å²) in [5.74, 6) is -4.56. The van der Waals surface area contributed by atoms with Gasteiger partial charge in [-0.05, 0) is 6.07 Å². The van der Waals surface area contributed by atoms with Crippen molar-refractivity contribution < 1.29 is 28.6 Å². The van der Waals surface area contributed by atoms with E-state index in [0.29, 0.717) is 5.69 Å². The fourth-order valence-electron chi connectivity index (χ4n) is 2.80. The number of primary amides is 1. The van der Waals surface area contributed by atoms with Crippen LogP contribution in [0.15, 0.2) is 30.6 Å². The zero-order chi connectivity index (χ0) is 21.2. The van der Waals surface area contributed by atoms with Gasteiger partial charge in [-0.3, -0.25) is 14.3 Å². The van der Waals surface area contributed by atoms with E-state index in [4.69, 9.17) is 22.1 Å². The van der Waals surface area contributed by atoms with Crippen molar-refractivity contribution in [1.29, 1.82) is 0 Å². The summed E-state index contributed by atoms with van der Waals surface area (Å²) in [5.41, 5.74) is 5.50. The van der Waals surface area contributed by atoms with Gasteiger partial charge in [0, 0.05) is 31.3 Å². The van der Waals surface area contributed by atoms with Crippen LogP contribution in [0.25, 0.3) is 0 Å². The topological polar surface area (TPSA) is 140 Å². The molecule has 1 fully saturated rings. The lowest BCUT2D eigenvalue weighted by molar-refractivity contribution is -0.175.